The summed E-state index contributed by atoms with van der Waals surface area (Å²) < 4.78 is 2.88. The van der Waals surface area contributed by atoms with Crippen LogP contribution in [0.3, 0.4) is 0 Å². The van der Waals surface area contributed by atoms with Gasteiger partial charge in [0.15, 0.2) is 5.82 Å². The fourth-order valence-corrected chi connectivity index (χ4v) is 1.57. The standard InChI is InChI=1S/C8H15N3O2.C8H12/c1-3-5-10-7(6-12)9-11(4-2)8(10)13;1-4-6-7-8(3)5-2/h12H,3-6H2,1-2H3;4-7H,1H2,2-3H3/b;7-6-,8-5-. The smallest absolute Gasteiger partial charge is 0.345 e. The number of aromatic nitrogens is 3. The maximum Gasteiger partial charge on any atom is 0.345 e. The SMILES string of the molecule is C=C/C=C\C(C)=C/C.CCCn1c(CO)nn(CC)c1=O. The van der Waals surface area contributed by atoms with Crippen LogP contribution in [0.25, 0.3) is 0 Å². The second kappa shape index (κ2) is 10.9. The Morgan fingerprint density at radius 1 is 1.43 bits per heavy atom. The zero-order chi connectivity index (χ0) is 16.3. The summed E-state index contributed by atoms with van der Waals surface area (Å²) >= 11 is 0. The second-order valence-electron chi connectivity index (χ2n) is 4.45. The average molecular weight is 293 g/mol. The molecule has 0 saturated carbocycles. The van der Waals surface area contributed by atoms with E-state index < -0.39 is 0 Å². The minimum atomic E-state index is -0.178. The molecule has 1 rings (SSSR count). The van der Waals surface area contributed by atoms with E-state index in [9.17, 15) is 4.79 Å². The van der Waals surface area contributed by atoms with E-state index in [0.717, 1.165) is 6.42 Å². The zero-order valence-electron chi connectivity index (χ0n) is 13.5. The number of nitrogens with zero attached hydrogens (tertiary/aromatic N) is 3. The summed E-state index contributed by atoms with van der Waals surface area (Å²) in [6.07, 6.45) is 8.64. The van der Waals surface area contributed by atoms with Crippen LogP contribution in [0.1, 0.15) is 39.9 Å². The third-order valence-corrected chi connectivity index (χ3v) is 2.84. The Hall–Kier alpha value is -1.88. The van der Waals surface area contributed by atoms with Crippen LogP contribution in [0.2, 0.25) is 0 Å². The van der Waals surface area contributed by atoms with Gasteiger partial charge in [-0.2, -0.15) is 5.10 Å². The molecule has 0 bridgehead atoms. The topological polar surface area (TPSA) is 60.0 Å². The van der Waals surface area contributed by atoms with Crippen LogP contribution in [0.4, 0.5) is 0 Å². The molecule has 0 aliphatic carbocycles. The van der Waals surface area contributed by atoms with Gasteiger partial charge >= 0.3 is 5.69 Å². The lowest BCUT2D eigenvalue weighted by Gasteiger charge is -1.98. The molecule has 1 N–H and O–H groups in total. The summed E-state index contributed by atoms with van der Waals surface area (Å²) in [7, 11) is 0. The van der Waals surface area contributed by atoms with E-state index in [1.54, 1.807) is 6.08 Å². The van der Waals surface area contributed by atoms with Crippen molar-refractivity contribution in [3.63, 3.8) is 0 Å². The van der Waals surface area contributed by atoms with Crippen LogP contribution >= 0.6 is 0 Å². The molecule has 0 radical (unpaired) electrons. The molecule has 118 valence electrons. The lowest BCUT2D eigenvalue weighted by Crippen LogP contribution is -2.24. The number of aryl methyl sites for hydroxylation is 1. The number of hydrogen-bond donors (Lipinski definition) is 1. The molecule has 0 fully saturated rings. The second-order valence-corrected chi connectivity index (χ2v) is 4.45. The van der Waals surface area contributed by atoms with Gasteiger partial charge in [0.05, 0.1) is 0 Å². The molecule has 1 heterocycles. The largest absolute Gasteiger partial charge is 0.388 e. The fourth-order valence-electron chi connectivity index (χ4n) is 1.57. The highest BCUT2D eigenvalue weighted by Gasteiger charge is 2.09. The van der Waals surface area contributed by atoms with Gasteiger partial charge in [0.25, 0.3) is 0 Å². The van der Waals surface area contributed by atoms with Gasteiger partial charge in [0, 0.05) is 13.1 Å². The first kappa shape index (κ1) is 19.1. The predicted octanol–water partition coefficient (Wildman–Crippen LogP) is 2.66. The summed E-state index contributed by atoms with van der Waals surface area (Å²) in [6.45, 7) is 12.4. The first-order valence-corrected chi connectivity index (χ1v) is 7.24. The molecule has 0 unspecified atom stereocenters. The molecule has 1 aromatic heterocycles. The third-order valence-electron chi connectivity index (χ3n) is 2.84. The minimum absolute atomic E-state index is 0.131. The highest BCUT2D eigenvalue weighted by molar-refractivity contribution is 5.18. The molecule has 21 heavy (non-hydrogen) atoms. The van der Waals surface area contributed by atoms with Gasteiger partial charge in [0.1, 0.15) is 6.61 Å². The fraction of sp³-hybridized carbons (Fsp3) is 0.500. The van der Waals surface area contributed by atoms with Gasteiger partial charge in [-0.1, -0.05) is 43.4 Å². The van der Waals surface area contributed by atoms with Crippen molar-refractivity contribution in [1.82, 2.24) is 14.3 Å². The van der Waals surface area contributed by atoms with Gasteiger partial charge in [-0.25, -0.2) is 9.48 Å². The minimum Gasteiger partial charge on any atom is -0.388 e. The Morgan fingerprint density at radius 2 is 2.10 bits per heavy atom. The summed E-state index contributed by atoms with van der Waals surface area (Å²) in [6, 6.07) is 0. The molecule has 0 aromatic carbocycles. The van der Waals surface area contributed by atoms with E-state index in [2.05, 4.69) is 24.7 Å². The number of aliphatic hydroxyl groups is 1. The van der Waals surface area contributed by atoms with Gasteiger partial charge < -0.3 is 5.11 Å². The molecule has 0 atom stereocenters. The third kappa shape index (κ3) is 6.40. The molecule has 5 heteroatoms. The molecular formula is C16H27N3O2. The van der Waals surface area contributed by atoms with E-state index in [-0.39, 0.29) is 12.3 Å². The Balaban J connectivity index is 0.000000433. The molecular weight excluding hydrogens is 266 g/mol. The highest BCUT2D eigenvalue weighted by Crippen LogP contribution is 1.94. The highest BCUT2D eigenvalue weighted by atomic mass is 16.3. The number of hydrogen-bond acceptors (Lipinski definition) is 3. The van der Waals surface area contributed by atoms with Crippen molar-refractivity contribution < 1.29 is 5.11 Å². The normalized spacial score (nSPS) is 11.4. The first-order chi connectivity index (χ1) is 10.0. The van der Waals surface area contributed by atoms with Crippen LogP contribution in [-0.2, 0) is 19.7 Å². The van der Waals surface area contributed by atoms with Crippen molar-refractivity contribution in [1.29, 1.82) is 0 Å². The van der Waals surface area contributed by atoms with Crippen molar-refractivity contribution in [3.8, 4) is 0 Å². The quantitative estimate of drug-likeness (QED) is 0.820. The summed E-state index contributed by atoms with van der Waals surface area (Å²) in [5.41, 5.74) is 1.14. The van der Waals surface area contributed by atoms with Gasteiger partial charge in [0.2, 0.25) is 0 Å². The van der Waals surface area contributed by atoms with Crippen molar-refractivity contribution in [2.75, 3.05) is 0 Å². The van der Waals surface area contributed by atoms with Crippen molar-refractivity contribution in [3.05, 3.63) is 52.8 Å². The summed E-state index contributed by atoms with van der Waals surface area (Å²) in [5, 5.41) is 12.9. The summed E-state index contributed by atoms with van der Waals surface area (Å²) in [5.74, 6) is 0.453. The summed E-state index contributed by atoms with van der Waals surface area (Å²) in [4.78, 5) is 11.5. The van der Waals surface area contributed by atoms with Crippen LogP contribution in [0.15, 0.2) is 41.3 Å². The number of rotatable bonds is 6. The van der Waals surface area contributed by atoms with E-state index in [1.807, 2.05) is 32.9 Å². The zero-order valence-corrected chi connectivity index (χ0v) is 13.5. The molecule has 0 spiro atoms. The van der Waals surface area contributed by atoms with E-state index in [0.29, 0.717) is 18.9 Å². The van der Waals surface area contributed by atoms with Crippen LogP contribution in [0.5, 0.6) is 0 Å². The number of aliphatic hydroxyl groups excluding tert-OH is 1. The van der Waals surface area contributed by atoms with Crippen LogP contribution in [0, 0.1) is 0 Å². The van der Waals surface area contributed by atoms with Crippen molar-refractivity contribution >= 4 is 0 Å². The Bertz CT molecular complexity index is 536. The number of allylic oxidation sites excluding steroid dienone is 5. The Labute approximate surface area is 126 Å². The molecule has 0 aliphatic heterocycles. The average Bonchev–Trinajstić information content (AvgIpc) is 2.82. The van der Waals surface area contributed by atoms with Crippen molar-refractivity contribution in [2.45, 2.75) is 53.8 Å². The van der Waals surface area contributed by atoms with E-state index >= 15 is 0 Å². The Kier molecular flexibility index (Phi) is 9.88. The molecule has 0 amide bonds. The van der Waals surface area contributed by atoms with Crippen LogP contribution < -0.4 is 5.69 Å². The monoisotopic (exact) mass is 293 g/mol. The maximum atomic E-state index is 11.5. The van der Waals surface area contributed by atoms with E-state index in [1.165, 1.54) is 14.8 Å². The lowest BCUT2D eigenvalue weighted by atomic mass is 10.3. The molecule has 0 saturated heterocycles. The van der Waals surface area contributed by atoms with Crippen LogP contribution in [-0.4, -0.2) is 19.5 Å². The Morgan fingerprint density at radius 3 is 2.52 bits per heavy atom. The van der Waals surface area contributed by atoms with Gasteiger partial charge in [-0.05, 0) is 27.2 Å². The lowest BCUT2D eigenvalue weighted by molar-refractivity contribution is 0.263. The molecule has 5 nitrogen and oxygen atoms in total. The predicted molar refractivity (Wildman–Crippen MR) is 87.1 cm³/mol. The first-order valence-electron chi connectivity index (χ1n) is 7.24. The molecule has 0 aliphatic rings. The van der Waals surface area contributed by atoms with Crippen molar-refractivity contribution in [2.24, 2.45) is 0 Å². The molecule has 1 aromatic rings. The van der Waals surface area contributed by atoms with Gasteiger partial charge in [-0.15, -0.1) is 0 Å². The maximum absolute atomic E-state index is 11.5. The van der Waals surface area contributed by atoms with Gasteiger partial charge in [-0.3, -0.25) is 4.57 Å². The van der Waals surface area contributed by atoms with E-state index in [4.69, 9.17) is 5.11 Å².